The van der Waals surface area contributed by atoms with Gasteiger partial charge in [-0.2, -0.15) is 5.10 Å². The second-order valence-electron chi connectivity index (χ2n) is 6.92. The van der Waals surface area contributed by atoms with E-state index in [0.29, 0.717) is 17.1 Å². The molecule has 0 atom stereocenters. The fourth-order valence-corrected chi connectivity index (χ4v) is 3.50. The highest BCUT2D eigenvalue weighted by Gasteiger charge is 2.16. The van der Waals surface area contributed by atoms with Gasteiger partial charge in [-0.25, -0.2) is 9.67 Å². The molecule has 29 heavy (non-hydrogen) atoms. The molecular weight excluding hydrogens is 364 g/mol. The van der Waals surface area contributed by atoms with Crippen molar-refractivity contribution in [3.05, 3.63) is 72.1 Å². The van der Waals surface area contributed by atoms with Crippen LogP contribution in [0.5, 0.6) is 5.75 Å². The lowest BCUT2D eigenvalue weighted by Gasteiger charge is -2.11. The van der Waals surface area contributed by atoms with Gasteiger partial charge in [-0.05, 0) is 48.7 Å². The number of hydrogen-bond donors (Lipinski definition) is 1. The van der Waals surface area contributed by atoms with Crippen molar-refractivity contribution < 1.29 is 9.53 Å². The Morgan fingerprint density at radius 3 is 2.66 bits per heavy atom. The molecule has 0 radical (unpaired) electrons. The third-order valence-electron chi connectivity index (χ3n) is 4.82. The Morgan fingerprint density at radius 2 is 1.90 bits per heavy atom. The lowest BCUT2D eigenvalue weighted by Crippen LogP contribution is -2.20. The highest BCUT2D eigenvalue weighted by atomic mass is 16.5. The van der Waals surface area contributed by atoms with E-state index in [1.54, 1.807) is 18.0 Å². The quantitative estimate of drug-likeness (QED) is 0.553. The van der Waals surface area contributed by atoms with Gasteiger partial charge in [0.05, 0.1) is 18.5 Å². The molecule has 6 heteroatoms. The molecule has 0 aliphatic rings. The summed E-state index contributed by atoms with van der Waals surface area (Å²) in [5, 5.41) is 8.46. The number of nitrogens with one attached hydrogen (secondary N) is 1. The molecule has 0 spiro atoms. The van der Waals surface area contributed by atoms with Crippen molar-refractivity contribution in [2.75, 3.05) is 12.4 Å². The number of nitrogens with zero attached hydrogens (tertiary/aromatic N) is 3. The highest BCUT2D eigenvalue weighted by molar-refractivity contribution is 5.96. The average molecular weight is 386 g/mol. The predicted octanol–water partition coefficient (Wildman–Crippen LogP) is 4.36. The van der Waals surface area contributed by atoms with Gasteiger partial charge in [-0.15, -0.1) is 0 Å². The molecule has 2 aromatic heterocycles. The van der Waals surface area contributed by atoms with Crippen molar-refractivity contribution in [2.45, 2.75) is 20.4 Å². The van der Waals surface area contributed by atoms with Crippen LogP contribution in [-0.4, -0.2) is 27.8 Å². The van der Waals surface area contributed by atoms with Crippen LogP contribution in [-0.2, 0) is 11.3 Å². The van der Waals surface area contributed by atoms with E-state index in [9.17, 15) is 4.79 Å². The topological polar surface area (TPSA) is 69.0 Å². The van der Waals surface area contributed by atoms with Gasteiger partial charge < -0.3 is 10.1 Å². The molecule has 0 saturated carbocycles. The van der Waals surface area contributed by atoms with E-state index < -0.39 is 0 Å². The zero-order valence-electron chi connectivity index (χ0n) is 16.6. The number of aromatic nitrogens is 3. The fourth-order valence-electron chi connectivity index (χ4n) is 3.50. The van der Waals surface area contributed by atoms with Crippen LogP contribution >= 0.6 is 0 Å². The monoisotopic (exact) mass is 386 g/mol. The summed E-state index contributed by atoms with van der Waals surface area (Å²) in [6, 6.07) is 17.8. The Morgan fingerprint density at radius 1 is 1.10 bits per heavy atom. The van der Waals surface area contributed by atoms with Crippen molar-refractivity contribution in [2.24, 2.45) is 0 Å². The van der Waals surface area contributed by atoms with Crippen molar-refractivity contribution in [1.82, 2.24) is 14.8 Å². The summed E-state index contributed by atoms with van der Waals surface area (Å²) < 4.78 is 6.99. The second kappa shape index (κ2) is 7.75. The third-order valence-corrected chi connectivity index (χ3v) is 4.82. The van der Waals surface area contributed by atoms with Crippen LogP contribution in [0.3, 0.4) is 0 Å². The molecule has 2 heterocycles. The number of carbonyl (C=O) groups excluding carboxylic acids is 1. The number of carbonyl (C=O) groups is 1. The maximum absolute atomic E-state index is 12.7. The number of aryl methyl sites for hydroxylation is 2. The van der Waals surface area contributed by atoms with Gasteiger partial charge in [-0.1, -0.05) is 36.4 Å². The SMILES string of the molecule is COc1ccc(C)cc1NC(=O)Cn1nc(C)c2c(-c3ccccc3)ccnc21. The summed E-state index contributed by atoms with van der Waals surface area (Å²) in [6.45, 7) is 3.97. The van der Waals surface area contributed by atoms with Gasteiger partial charge in [0.1, 0.15) is 12.3 Å². The number of benzene rings is 2. The standard InChI is InChI=1S/C23H22N4O2/c1-15-9-10-20(29-3)19(13-15)25-21(28)14-27-23-22(16(2)26-27)18(11-12-24-23)17-7-5-4-6-8-17/h4-13H,14H2,1-3H3,(H,25,28). The van der Waals surface area contributed by atoms with E-state index >= 15 is 0 Å². The number of pyridine rings is 1. The normalized spacial score (nSPS) is 10.9. The Kier molecular flexibility index (Phi) is 4.99. The van der Waals surface area contributed by atoms with Gasteiger partial charge in [0.2, 0.25) is 5.91 Å². The molecule has 0 aliphatic carbocycles. The maximum Gasteiger partial charge on any atom is 0.246 e. The number of amides is 1. The Bertz CT molecular complexity index is 1180. The molecule has 6 nitrogen and oxygen atoms in total. The van der Waals surface area contributed by atoms with Crippen LogP contribution in [0.25, 0.3) is 22.2 Å². The van der Waals surface area contributed by atoms with Gasteiger partial charge in [0.25, 0.3) is 0 Å². The van der Waals surface area contributed by atoms with Crippen LogP contribution in [0.4, 0.5) is 5.69 Å². The molecule has 0 fully saturated rings. The minimum atomic E-state index is -0.190. The first-order valence-corrected chi connectivity index (χ1v) is 9.39. The molecular formula is C23H22N4O2. The molecule has 146 valence electrons. The van der Waals surface area contributed by atoms with Crippen LogP contribution in [0.15, 0.2) is 60.8 Å². The largest absolute Gasteiger partial charge is 0.495 e. The molecule has 0 aliphatic heterocycles. The fraction of sp³-hybridized carbons (Fsp3) is 0.174. The van der Waals surface area contributed by atoms with Gasteiger partial charge in [0.15, 0.2) is 5.65 Å². The number of fused-ring (bicyclic) bond motifs is 1. The minimum Gasteiger partial charge on any atom is -0.495 e. The van der Waals surface area contributed by atoms with Crippen LogP contribution in [0.2, 0.25) is 0 Å². The number of rotatable bonds is 5. The van der Waals surface area contributed by atoms with Crippen molar-refractivity contribution in [3.8, 4) is 16.9 Å². The molecule has 1 amide bonds. The van der Waals surface area contributed by atoms with Gasteiger partial charge >= 0.3 is 0 Å². The van der Waals surface area contributed by atoms with Crippen molar-refractivity contribution >= 4 is 22.6 Å². The van der Waals surface area contributed by atoms with Gasteiger partial charge in [0, 0.05) is 11.6 Å². The lowest BCUT2D eigenvalue weighted by atomic mass is 10.0. The van der Waals surface area contributed by atoms with E-state index in [2.05, 4.69) is 27.5 Å². The summed E-state index contributed by atoms with van der Waals surface area (Å²) >= 11 is 0. The first-order valence-electron chi connectivity index (χ1n) is 9.39. The molecule has 0 bridgehead atoms. The number of ether oxygens (including phenoxy) is 1. The predicted molar refractivity (Wildman–Crippen MR) is 114 cm³/mol. The Labute approximate surface area is 169 Å². The minimum absolute atomic E-state index is 0.0622. The number of methoxy groups -OCH3 is 1. The van der Waals surface area contributed by atoms with E-state index in [-0.39, 0.29) is 12.5 Å². The molecule has 2 aromatic carbocycles. The summed E-state index contributed by atoms with van der Waals surface area (Å²) in [4.78, 5) is 17.2. The summed E-state index contributed by atoms with van der Waals surface area (Å²) in [5.74, 6) is 0.431. The molecule has 4 rings (SSSR count). The van der Waals surface area contributed by atoms with E-state index in [0.717, 1.165) is 27.8 Å². The number of anilines is 1. The zero-order chi connectivity index (χ0) is 20.4. The van der Waals surface area contributed by atoms with Crippen LogP contribution < -0.4 is 10.1 Å². The first-order chi connectivity index (χ1) is 14.1. The smallest absolute Gasteiger partial charge is 0.246 e. The Hall–Kier alpha value is -3.67. The molecule has 0 unspecified atom stereocenters. The molecule has 4 aromatic rings. The summed E-state index contributed by atoms with van der Waals surface area (Å²) in [5.41, 5.74) is 5.36. The average Bonchev–Trinajstić information content (AvgIpc) is 3.04. The molecule has 0 saturated heterocycles. The summed E-state index contributed by atoms with van der Waals surface area (Å²) in [6.07, 6.45) is 1.75. The maximum atomic E-state index is 12.7. The third kappa shape index (κ3) is 3.69. The van der Waals surface area contributed by atoms with Gasteiger partial charge in [-0.3, -0.25) is 4.79 Å². The Balaban J connectivity index is 1.66. The second-order valence-corrected chi connectivity index (χ2v) is 6.92. The van der Waals surface area contributed by atoms with E-state index in [4.69, 9.17) is 4.74 Å². The highest BCUT2D eigenvalue weighted by Crippen LogP contribution is 2.30. The van der Waals surface area contributed by atoms with Crippen LogP contribution in [0, 0.1) is 13.8 Å². The van der Waals surface area contributed by atoms with Crippen molar-refractivity contribution in [3.63, 3.8) is 0 Å². The molecule has 1 N–H and O–H groups in total. The first kappa shape index (κ1) is 18.7. The van der Waals surface area contributed by atoms with E-state index in [1.165, 1.54) is 0 Å². The summed E-state index contributed by atoms with van der Waals surface area (Å²) in [7, 11) is 1.58. The zero-order valence-corrected chi connectivity index (χ0v) is 16.6. The van der Waals surface area contributed by atoms with Crippen molar-refractivity contribution in [1.29, 1.82) is 0 Å². The van der Waals surface area contributed by atoms with Crippen LogP contribution in [0.1, 0.15) is 11.3 Å². The lowest BCUT2D eigenvalue weighted by molar-refractivity contribution is -0.116. The van der Waals surface area contributed by atoms with E-state index in [1.807, 2.05) is 56.3 Å². The number of hydrogen-bond acceptors (Lipinski definition) is 4.